The van der Waals surface area contributed by atoms with Crippen LogP contribution >= 0.6 is 0 Å². The highest BCUT2D eigenvalue weighted by atomic mass is 16.6. The zero-order valence-electron chi connectivity index (χ0n) is 26.4. The predicted octanol–water partition coefficient (Wildman–Crippen LogP) is 7.12. The predicted molar refractivity (Wildman–Crippen MR) is 174 cm³/mol. The maximum atomic E-state index is 12.3. The van der Waals surface area contributed by atoms with Gasteiger partial charge in [-0.1, -0.05) is 17.2 Å². The van der Waals surface area contributed by atoms with E-state index in [1.807, 2.05) is 45.0 Å². The van der Waals surface area contributed by atoms with E-state index >= 15 is 0 Å². The highest BCUT2D eigenvalue weighted by molar-refractivity contribution is 5.86. The number of anilines is 3. The van der Waals surface area contributed by atoms with Gasteiger partial charge in [0.15, 0.2) is 5.69 Å². The summed E-state index contributed by atoms with van der Waals surface area (Å²) in [7, 11) is 0. The molecule has 2 N–H and O–H groups in total. The van der Waals surface area contributed by atoms with Gasteiger partial charge in [0.1, 0.15) is 5.60 Å². The fourth-order valence-electron chi connectivity index (χ4n) is 6.89. The zero-order chi connectivity index (χ0) is 31.0. The standard InChI is InChI=1S/C35H41N7O3/c1-35(2,3)45-34(43)37-27-13-16-29-24(20-27)7-6-8-25-21-30(38-39-31(25)29)32-40-41-33(44-32)36-26-12-9-22-10-14-28(15-11-23(22)19-26)42-17-4-5-18-42/h9,12-13,16,19-21,28H,4-8,10-11,14-15,17-18H2,1-3H3,(H,36,41)(H,37,43). The van der Waals surface area contributed by atoms with Crippen LogP contribution in [0.15, 0.2) is 46.9 Å². The van der Waals surface area contributed by atoms with Crippen LogP contribution in [0.3, 0.4) is 0 Å². The van der Waals surface area contributed by atoms with Gasteiger partial charge in [-0.2, -0.15) is 0 Å². The number of nitrogens with one attached hydrogen (secondary N) is 2. The smallest absolute Gasteiger partial charge is 0.412 e. The lowest BCUT2D eigenvalue weighted by Gasteiger charge is -2.25. The van der Waals surface area contributed by atoms with Crippen LogP contribution in [0, 0.1) is 0 Å². The Morgan fingerprint density at radius 3 is 2.40 bits per heavy atom. The SMILES string of the molecule is CC(C)(C)OC(=O)Nc1ccc2c(c1)CCCc1cc(-c3nnc(Nc4ccc5c(c4)CCC(N4CCCC4)CC5)o3)nnc1-2. The topological polar surface area (TPSA) is 118 Å². The van der Waals surface area contributed by atoms with E-state index in [0.717, 1.165) is 60.2 Å². The van der Waals surface area contributed by atoms with E-state index in [0.29, 0.717) is 29.3 Å². The monoisotopic (exact) mass is 607 g/mol. The number of likely N-dealkylation sites (tertiary alicyclic amines) is 1. The minimum atomic E-state index is -0.561. The zero-order valence-corrected chi connectivity index (χ0v) is 26.4. The molecule has 7 rings (SSSR count). The molecule has 1 atom stereocenters. The minimum Gasteiger partial charge on any atom is -0.444 e. The number of ether oxygens (including phenoxy) is 1. The average Bonchev–Trinajstić information content (AvgIpc) is 3.62. The number of hydrogen-bond acceptors (Lipinski definition) is 9. The van der Waals surface area contributed by atoms with Crippen LogP contribution in [0.4, 0.5) is 22.2 Å². The van der Waals surface area contributed by atoms with Crippen LogP contribution in [0.5, 0.6) is 0 Å². The van der Waals surface area contributed by atoms with E-state index in [4.69, 9.17) is 9.15 Å². The molecule has 3 aliphatic rings. The number of benzene rings is 2. The van der Waals surface area contributed by atoms with Gasteiger partial charge in [-0.25, -0.2) is 4.79 Å². The van der Waals surface area contributed by atoms with Gasteiger partial charge in [-0.05, 0) is 144 Å². The van der Waals surface area contributed by atoms with Gasteiger partial charge in [0, 0.05) is 23.0 Å². The Morgan fingerprint density at radius 1 is 0.822 bits per heavy atom. The first-order chi connectivity index (χ1) is 21.8. The van der Waals surface area contributed by atoms with E-state index < -0.39 is 11.7 Å². The quantitative estimate of drug-likeness (QED) is 0.229. The number of fused-ring (bicyclic) bond motifs is 4. The third-order valence-electron chi connectivity index (χ3n) is 9.02. The molecule has 0 spiro atoms. The molecule has 234 valence electrons. The molecule has 1 fully saturated rings. The molecule has 1 saturated heterocycles. The van der Waals surface area contributed by atoms with E-state index in [1.54, 1.807) is 0 Å². The number of aryl methyl sites for hydroxylation is 4. The number of carbonyl (C=O) groups excluding carboxylic acids is 1. The summed E-state index contributed by atoms with van der Waals surface area (Å²) in [5.41, 5.74) is 8.54. The van der Waals surface area contributed by atoms with Crippen LogP contribution in [-0.2, 0) is 30.4 Å². The first kappa shape index (κ1) is 29.4. The maximum absolute atomic E-state index is 12.3. The summed E-state index contributed by atoms with van der Waals surface area (Å²) in [6, 6.07) is 15.5. The first-order valence-corrected chi connectivity index (χ1v) is 16.2. The molecule has 0 saturated carbocycles. The Kier molecular flexibility index (Phi) is 7.99. The van der Waals surface area contributed by atoms with Crippen molar-refractivity contribution in [2.75, 3.05) is 23.7 Å². The second-order valence-corrected chi connectivity index (χ2v) is 13.5. The Balaban J connectivity index is 1.04. The molecule has 0 radical (unpaired) electrons. The Hall–Kier alpha value is -4.31. The van der Waals surface area contributed by atoms with Crippen LogP contribution in [0.2, 0.25) is 0 Å². The lowest BCUT2D eigenvalue weighted by atomic mass is 10.0. The number of carbonyl (C=O) groups is 1. The molecule has 2 aliphatic carbocycles. The maximum Gasteiger partial charge on any atom is 0.412 e. The number of nitrogens with zero attached hydrogens (tertiary/aromatic N) is 5. The third kappa shape index (κ3) is 6.71. The van der Waals surface area contributed by atoms with E-state index in [2.05, 4.69) is 54.1 Å². The molecule has 45 heavy (non-hydrogen) atoms. The molecule has 4 aromatic rings. The van der Waals surface area contributed by atoms with Gasteiger partial charge in [0.25, 0.3) is 5.89 Å². The lowest BCUT2D eigenvalue weighted by Crippen LogP contribution is -2.32. The fraction of sp³-hybridized carbons (Fsp3) is 0.457. The van der Waals surface area contributed by atoms with Crippen molar-refractivity contribution in [1.29, 1.82) is 0 Å². The van der Waals surface area contributed by atoms with E-state index in [9.17, 15) is 4.79 Å². The molecule has 2 aromatic heterocycles. The molecule has 10 heteroatoms. The number of amides is 1. The van der Waals surface area contributed by atoms with Crippen molar-refractivity contribution >= 4 is 23.5 Å². The van der Waals surface area contributed by atoms with Crippen molar-refractivity contribution in [3.63, 3.8) is 0 Å². The van der Waals surface area contributed by atoms with Crippen molar-refractivity contribution in [3.05, 3.63) is 64.7 Å². The molecular weight excluding hydrogens is 566 g/mol. The largest absolute Gasteiger partial charge is 0.444 e. The Labute approximate surface area is 264 Å². The van der Waals surface area contributed by atoms with Crippen LogP contribution in [0.1, 0.15) is 75.1 Å². The second-order valence-electron chi connectivity index (χ2n) is 13.5. The summed E-state index contributed by atoms with van der Waals surface area (Å²) in [6.45, 7) is 8.05. The Morgan fingerprint density at radius 2 is 1.58 bits per heavy atom. The van der Waals surface area contributed by atoms with Gasteiger partial charge in [0.05, 0.1) is 5.69 Å². The summed E-state index contributed by atoms with van der Waals surface area (Å²) < 4.78 is 11.4. The van der Waals surface area contributed by atoms with E-state index in [-0.39, 0.29) is 0 Å². The van der Waals surface area contributed by atoms with Gasteiger partial charge in [-0.3, -0.25) is 5.32 Å². The number of hydrogen-bond donors (Lipinski definition) is 2. The highest BCUT2D eigenvalue weighted by Gasteiger charge is 2.25. The molecule has 1 amide bonds. The van der Waals surface area contributed by atoms with Crippen molar-refractivity contribution < 1.29 is 13.9 Å². The lowest BCUT2D eigenvalue weighted by molar-refractivity contribution is 0.0636. The molecular formula is C35H41N7O3. The van der Waals surface area contributed by atoms with Crippen molar-refractivity contribution in [1.82, 2.24) is 25.3 Å². The number of rotatable bonds is 5. The normalized spacial score (nSPS) is 18.2. The third-order valence-corrected chi connectivity index (χ3v) is 9.02. The van der Waals surface area contributed by atoms with Gasteiger partial charge >= 0.3 is 12.1 Å². The van der Waals surface area contributed by atoms with Crippen LogP contribution in [0.25, 0.3) is 22.8 Å². The van der Waals surface area contributed by atoms with Gasteiger partial charge in [-0.15, -0.1) is 15.3 Å². The minimum absolute atomic E-state index is 0.331. The summed E-state index contributed by atoms with van der Waals surface area (Å²) in [4.78, 5) is 15.0. The molecule has 0 bridgehead atoms. The summed E-state index contributed by atoms with van der Waals surface area (Å²) in [6.07, 6.45) is 9.53. The number of aromatic nitrogens is 4. The summed E-state index contributed by atoms with van der Waals surface area (Å²) >= 11 is 0. The van der Waals surface area contributed by atoms with Gasteiger partial charge < -0.3 is 19.4 Å². The van der Waals surface area contributed by atoms with Crippen LogP contribution < -0.4 is 10.6 Å². The van der Waals surface area contributed by atoms with E-state index in [1.165, 1.54) is 49.9 Å². The van der Waals surface area contributed by atoms with Crippen LogP contribution in [-0.4, -0.2) is 56.1 Å². The molecule has 10 nitrogen and oxygen atoms in total. The second kappa shape index (κ2) is 12.2. The van der Waals surface area contributed by atoms with Crippen molar-refractivity contribution in [2.24, 2.45) is 0 Å². The fourth-order valence-corrected chi connectivity index (χ4v) is 6.89. The highest BCUT2D eigenvalue weighted by Crippen LogP contribution is 2.34. The first-order valence-electron chi connectivity index (χ1n) is 16.2. The molecule has 1 unspecified atom stereocenters. The molecule has 2 aromatic carbocycles. The Bertz CT molecular complexity index is 1700. The molecule has 3 heterocycles. The average molecular weight is 608 g/mol. The summed E-state index contributed by atoms with van der Waals surface area (Å²) in [5.74, 6) is 0.331. The van der Waals surface area contributed by atoms with Gasteiger partial charge in [0.2, 0.25) is 0 Å². The molecule has 1 aliphatic heterocycles. The van der Waals surface area contributed by atoms with Crippen molar-refractivity contribution in [3.8, 4) is 22.8 Å². The summed E-state index contributed by atoms with van der Waals surface area (Å²) in [5, 5.41) is 23.8. The van der Waals surface area contributed by atoms with Crippen molar-refractivity contribution in [2.45, 2.75) is 90.2 Å².